The minimum Gasteiger partial charge on any atom is -0.379 e. The van der Waals surface area contributed by atoms with Crippen molar-refractivity contribution < 1.29 is 18.3 Å². The van der Waals surface area contributed by atoms with E-state index in [1.807, 2.05) is 0 Å². The number of benzene rings is 1. The van der Waals surface area contributed by atoms with Gasteiger partial charge in [-0.25, -0.2) is 0 Å². The van der Waals surface area contributed by atoms with Crippen molar-refractivity contribution in [3.8, 4) is 0 Å². The summed E-state index contributed by atoms with van der Waals surface area (Å²) in [5.41, 5.74) is 0.865. The standard InChI is InChI=1S/C10H11F3O/c1-6-4-3-5-7(2)8(6)9(14)10(11,12)13/h3-5,9,14H,1-2H3/t9-/m1/s1. The van der Waals surface area contributed by atoms with Crippen molar-refractivity contribution in [1.82, 2.24) is 0 Å². The molecule has 4 heteroatoms. The van der Waals surface area contributed by atoms with Crippen LogP contribution in [0.15, 0.2) is 18.2 Å². The number of halogens is 3. The Bertz CT molecular complexity index is 310. The van der Waals surface area contributed by atoms with Gasteiger partial charge in [-0.05, 0) is 30.5 Å². The molecule has 0 aliphatic rings. The van der Waals surface area contributed by atoms with Crippen molar-refractivity contribution in [3.63, 3.8) is 0 Å². The summed E-state index contributed by atoms with van der Waals surface area (Å²) in [5, 5.41) is 9.09. The van der Waals surface area contributed by atoms with Crippen LogP contribution in [0.1, 0.15) is 22.8 Å². The van der Waals surface area contributed by atoms with Crippen molar-refractivity contribution in [2.24, 2.45) is 0 Å². The van der Waals surface area contributed by atoms with Crippen molar-refractivity contribution in [2.45, 2.75) is 26.1 Å². The summed E-state index contributed by atoms with van der Waals surface area (Å²) in [4.78, 5) is 0. The van der Waals surface area contributed by atoms with Crippen molar-refractivity contribution in [1.29, 1.82) is 0 Å². The predicted octanol–water partition coefficient (Wildman–Crippen LogP) is 2.90. The number of aliphatic hydroxyl groups is 1. The first-order valence-electron chi connectivity index (χ1n) is 4.15. The van der Waals surface area contributed by atoms with Gasteiger partial charge in [-0.3, -0.25) is 0 Å². The highest BCUT2D eigenvalue weighted by Crippen LogP contribution is 2.35. The molecule has 0 heterocycles. The lowest BCUT2D eigenvalue weighted by molar-refractivity contribution is -0.207. The van der Waals surface area contributed by atoms with Crippen LogP contribution in [0.4, 0.5) is 13.2 Å². The van der Waals surface area contributed by atoms with Gasteiger partial charge < -0.3 is 5.11 Å². The Hall–Kier alpha value is -1.03. The molecule has 0 saturated carbocycles. The fourth-order valence-electron chi connectivity index (χ4n) is 1.42. The van der Waals surface area contributed by atoms with Gasteiger partial charge in [0.25, 0.3) is 0 Å². The maximum atomic E-state index is 12.2. The van der Waals surface area contributed by atoms with Gasteiger partial charge in [0.15, 0.2) is 6.10 Å². The van der Waals surface area contributed by atoms with Gasteiger partial charge in [0, 0.05) is 0 Å². The van der Waals surface area contributed by atoms with E-state index in [1.54, 1.807) is 32.0 Å². The van der Waals surface area contributed by atoms with Crippen molar-refractivity contribution >= 4 is 0 Å². The Kier molecular flexibility index (Phi) is 2.85. The average Bonchev–Trinajstić information content (AvgIpc) is 2.01. The molecule has 0 aliphatic heterocycles. The van der Waals surface area contributed by atoms with Gasteiger partial charge in [-0.1, -0.05) is 18.2 Å². The van der Waals surface area contributed by atoms with Gasteiger partial charge in [0.1, 0.15) is 0 Å². The molecule has 0 bridgehead atoms. The van der Waals surface area contributed by atoms with Crippen LogP contribution in [0.25, 0.3) is 0 Å². The summed E-state index contributed by atoms with van der Waals surface area (Å²) in [6, 6.07) is 4.77. The van der Waals surface area contributed by atoms with Crippen molar-refractivity contribution in [2.75, 3.05) is 0 Å². The molecule has 0 aliphatic carbocycles. The average molecular weight is 204 g/mol. The topological polar surface area (TPSA) is 20.2 Å². The minimum absolute atomic E-state index is 0.0417. The number of aliphatic hydroxyl groups excluding tert-OH is 1. The maximum Gasteiger partial charge on any atom is 0.418 e. The van der Waals surface area contributed by atoms with Crippen LogP contribution in [-0.4, -0.2) is 11.3 Å². The maximum absolute atomic E-state index is 12.2. The fourth-order valence-corrected chi connectivity index (χ4v) is 1.42. The highest BCUT2D eigenvalue weighted by molar-refractivity contribution is 5.35. The summed E-state index contributed by atoms with van der Waals surface area (Å²) < 4.78 is 36.7. The first kappa shape index (κ1) is 11.0. The zero-order valence-corrected chi connectivity index (χ0v) is 7.89. The monoisotopic (exact) mass is 204 g/mol. The van der Waals surface area contributed by atoms with Crippen LogP contribution in [-0.2, 0) is 0 Å². The third-order valence-corrected chi connectivity index (χ3v) is 2.13. The first-order valence-corrected chi connectivity index (χ1v) is 4.15. The van der Waals surface area contributed by atoms with E-state index in [1.165, 1.54) is 0 Å². The van der Waals surface area contributed by atoms with Crippen LogP contribution in [0.2, 0.25) is 0 Å². The second kappa shape index (κ2) is 3.61. The van der Waals surface area contributed by atoms with Crippen LogP contribution < -0.4 is 0 Å². The molecule has 1 aromatic rings. The van der Waals surface area contributed by atoms with E-state index >= 15 is 0 Å². The lowest BCUT2D eigenvalue weighted by Crippen LogP contribution is -2.21. The molecule has 1 nitrogen and oxygen atoms in total. The third-order valence-electron chi connectivity index (χ3n) is 2.13. The number of alkyl halides is 3. The van der Waals surface area contributed by atoms with Crippen LogP contribution in [0.3, 0.4) is 0 Å². The van der Waals surface area contributed by atoms with E-state index in [9.17, 15) is 13.2 Å². The molecular weight excluding hydrogens is 193 g/mol. The molecule has 1 aromatic carbocycles. The quantitative estimate of drug-likeness (QED) is 0.745. The largest absolute Gasteiger partial charge is 0.418 e. The molecule has 1 rings (SSSR count). The van der Waals surface area contributed by atoms with Gasteiger partial charge in [-0.2, -0.15) is 13.2 Å². The second-order valence-corrected chi connectivity index (χ2v) is 3.25. The lowest BCUT2D eigenvalue weighted by atomic mass is 9.98. The Labute approximate surface area is 80.2 Å². The molecule has 0 aromatic heterocycles. The molecule has 0 unspecified atom stereocenters. The summed E-state index contributed by atoms with van der Waals surface area (Å²) in [5.74, 6) is 0. The van der Waals surface area contributed by atoms with Gasteiger partial charge in [0.05, 0.1) is 0 Å². The summed E-state index contributed by atoms with van der Waals surface area (Å²) >= 11 is 0. The Morgan fingerprint density at radius 1 is 1.14 bits per heavy atom. The molecule has 0 radical (unpaired) electrons. The summed E-state index contributed by atoms with van der Waals surface area (Å²) in [7, 11) is 0. The second-order valence-electron chi connectivity index (χ2n) is 3.25. The van der Waals surface area contributed by atoms with Gasteiger partial charge >= 0.3 is 6.18 Å². The Balaban J connectivity index is 3.19. The van der Waals surface area contributed by atoms with E-state index in [2.05, 4.69) is 0 Å². The predicted molar refractivity (Wildman–Crippen MR) is 46.9 cm³/mol. The molecule has 1 atom stereocenters. The zero-order valence-electron chi connectivity index (χ0n) is 7.89. The van der Waals surface area contributed by atoms with E-state index in [4.69, 9.17) is 5.11 Å². The molecule has 14 heavy (non-hydrogen) atoms. The van der Waals surface area contributed by atoms with E-state index in [0.717, 1.165) is 0 Å². The van der Waals surface area contributed by atoms with E-state index in [-0.39, 0.29) is 5.56 Å². The van der Waals surface area contributed by atoms with Gasteiger partial charge in [0.2, 0.25) is 0 Å². The normalized spacial score (nSPS) is 14.1. The summed E-state index contributed by atoms with van der Waals surface area (Å²) in [6.45, 7) is 3.11. The molecule has 0 saturated heterocycles. The summed E-state index contributed by atoms with van der Waals surface area (Å²) in [6.07, 6.45) is -6.99. The molecular formula is C10H11F3O. The van der Waals surface area contributed by atoms with E-state index in [0.29, 0.717) is 11.1 Å². The lowest BCUT2D eigenvalue weighted by Gasteiger charge is -2.18. The number of aryl methyl sites for hydroxylation is 2. The SMILES string of the molecule is Cc1cccc(C)c1[C@@H](O)C(F)(F)F. The molecule has 78 valence electrons. The molecule has 0 amide bonds. The first-order chi connectivity index (χ1) is 6.34. The highest BCUT2D eigenvalue weighted by atomic mass is 19.4. The highest BCUT2D eigenvalue weighted by Gasteiger charge is 2.40. The van der Waals surface area contributed by atoms with Crippen molar-refractivity contribution in [3.05, 3.63) is 34.9 Å². The van der Waals surface area contributed by atoms with Crippen LogP contribution in [0.5, 0.6) is 0 Å². The molecule has 1 N–H and O–H groups in total. The smallest absolute Gasteiger partial charge is 0.379 e. The van der Waals surface area contributed by atoms with Gasteiger partial charge in [-0.15, -0.1) is 0 Å². The Morgan fingerprint density at radius 2 is 1.57 bits per heavy atom. The third kappa shape index (κ3) is 2.07. The van der Waals surface area contributed by atoms with Crippen LogP contribution >= 0.6 is 0 Å². The fraction of sp³-hybridized carbons (Fsp3) is 0.400. The van der Waals surface area contributed by atoms with E-state index < -0.39 is 12.3 Å². The Morgan fingerprint density at radius 3 is 1.93 bits per heavy atom. The molecule has 0 spiro atoms. The number of hydrogen-bond donors (Lipinski definition) is 1. The minimum atomic E-state index is -4.60. The van der Waals surface area contributed by atoms with Crippen LogP contribution in [0, 0.1) is 13.8 Å². The molecule has 0 fully saturated rings. The number of rotatable bonds is 1. The number of hydrogen-bond acceptors (Lipinski definition) is 1. The zero-order chi connectivity index (χ0) is 10.9.